The maximum Gasteiger partial charge on any atom is 0.254 e. The Morgan fingerprint density at radius 3 is 2.69 bits per heavy atom. The average molecular weight is 355 g/mol. The highest BCUT2D eigenvalue weighted by atomic mass is 16.5. The van der Waals surface area contributed by atoms with Crippen molar-refractivity contribution < 1.29 is 14.3 Å². The smallest absolute Gasteiger partial charge is 0.254 e. The van der Waals surface area contributed by atoms with E-state index in [1.807, 2.05) is 39.9 Å². The van der Waals surface area contributed by atoms with E-state index in [1.54, 1.807) is 26.7 Å². The Kier molecular flexibility index (Phi) is 4.54. The van der Waals surface area contributed by atoms with Gasteiger partial charge in [-0.05, 0) is 49.9 Å². The molecule has 1 aromatic heterocycles. The summed E-state index contributed by atoms with van der Waals surface area (Å²) in [6.45, 7) is 0.733. The number of nitrogens with zero attached hydrogens (tertiary/aromatic N) is 3. The van der Waals surface area contributed by atoms with Crippen molar-refractivity contribution in [3.05, 3.63) is 48.5 Å². The maximum atomic E-state index is 13.2. The lowest BCUT2D eigenvalue weighted by molar-refractivity contribution is -0.0893. The minimum atomic E-state index is -0.221. The molecule has 26 heavy (non-hydrogen) atoms. The molecule has 2 heterocycles. The Morgan fingerprint density at radius 1 is 1.23 bits per heavy atom. The predicted octanol–water partition coefficient (Wildman–Crippen LogP) is 2.67. The Morgan fingerprint density at radius 2 is 2.04 bits per heavy atom. The summed E-state index contributed by atoms with van der Waals surface area (Å²) in [5.41, 5.74) is 1.48. The van der Waals surface area contributed by atoms with Crippen LogP contribution in [-0.2, 0) is 9.47 Å². The molecule has 1 amide bonds. The zero-order chi connectivity index (χ0) is 18.1. The van der Waals surface area contributed by atoms with E-state index in [2.05, 4.69) is 4.98 Å². The SMILES string of the molecule is CO[C@H]1CC[C@@]2(OC)CCN(C(=O)c3ccc(-n4ccnc4)cc3)[C@H]2C1. The van der Waals surface area contributed by atoms with Crippen molar-refractivity contribution in [2.24, 2.45) is 0 Å². The van der Waals surface area contributed by atoms with Crippen LogP contribution in [0.1, 0.15) is 36.0 Å². The van der Waals surface area contributed by atoms with Gasteiger partial charge in [-0.1, -0.05) is 0 Å². The second-order valence-corrected chi connectivity index (χ2v) is 7.18. The number of carbonyl (C=O) groups excluding carboxylic acids is 1. The molecule has 1 aliphatic heterocycles. The molecule has 2 aromatic rings. The van der Waals surface area contributed by atoms with Crippen molar-refractivity contribution in [1.82, 2.24) is 14.5 Å². The van der Waals surface area contributed by atoms with Crippen LogP contribution in [0.2, 0.25) is 0 Å². The van der Waals surface area contributed by atoms with Crippen LogP contribution >= 0.6 is 0 Å². The van der Waals surface area contributed by atoms with Crippen molar-refractivity contribution in [3.8, 4) is 5.69 Å². The number of likely N-dealkylation sites (tertiary alicyclic amines) is 1. The first-order valence-corrected chi connectivity index (χ1v) is 9.14. The van der Waals surface area contributed by atoms with Crippen LogP contribution in [0.25, 0.3) is 5.69 Å². The van der Waals surface area contributed by atoms with Crippen molar-refractivity contribution in [1.29, 1.82) is 0 Å². The fourth-order valence-corrected chi connectivity index (χ4v) is 4.47. The van der Waals surface area contributed by atoms with Crippen molar-refractivity contribution in [2.75, 3.05) is 20.8 Å². The zero-order valence-corrected chi connectivity index (χ0v) is 15.3. The number of hydrogen-bond acceptors (Lipinski definition) is 4. The Labute approximate surface area is 153 Å². The van der Waals surface area contributed by atoms with E-state index in [-0.39, 0.29) is 23.7 Å². The van der Waals surface area contributed by atoms with Crippen LogP contribution < -0.4 is 0 Å². The molecule has 0 bridgehead atoms. The van der Waals surface area contributed by atoms with Gasteiger partial charge in [-0.15, -0.1) is 0 Å². The van der Waals surface area contributed by atoms with Gasteiger partial charge in [0.2, 0.25) is 0 Å². The molecular weight excluding hydrogens is 330 g/mol. The number of ether oxygens (including phenoxy) is 2. The van der Waals surface area contributed by atoms with E-state index in [1.165, 1.54) is 0 Å². The monoisotopic (exact) mass is 355 g/mol. The largest absolute Gasteiger partial charge is 0.381 e. The van der Waals surface area contributed by atoms with Gasteiger partial charge in [0.25, 0.3) is 5.91 Å². The topological polar surface area (TPSA) is 56.6 Å². The summed E-state index contributed by atoms with van der Waals surface area (Å²) >= 11 is 0. The summed E-state index contributed by atoms with van der Waals surface area (Å²) < 4.78 is 13.4. The molecule has 2 fully saturated rings. The van der Waals surface area contributed by atoms with E-state index >= 15 is 0 Å². The molecule has 3 atom stereocenters. The minimum Gasteiger partial charge on any atom is -0.381 e. The van der Waals surface area contributed by atoms with E-state index < -0.39 is 0 Å². The van der Waals surface area contributed by atoms with Gasteiger partial charge < -0.3 is 18.9 Å². The molecule has 6 heteroatoms. The predicted molar refractivity (Wildman–Crippen MR) is 97.4 cm³/mol. The molecule has 6 nitrogen and oxygen atoms in total. The number of fused-ring (bicyclic) bond motifs is 1. The number of rotatable bonds is 4. The first kappa shape index (κ1) is 17.2. The van der Waals surface area contributed by atoms with Gasteiger partial charge in [-0.2, -0.15) is 0 Å². The molecule has 4 rings (SSSR count). The summed E-state index contributed by atoms with van der Waals surface area (Å²) in [4.78, 5) is 19.2. The molecule has 1 saturated carbocycles. The maximum absolute atomic E-state index is 13.2. The standard InChI is InChI=1S/C20H25N3O3/c1-25-17-7-8-20(26-2)9-11-23(18(20)13-17)19(24)15-3-5-16(6-4-15)22-12-10-21-14-22/h3-6,10,12,14,17-18H,7-9,11,13H2,1-2H3/t17-,18-,20+/m0/s1. The van der Waals surface area contributed by atoms with Crippen LogP contribution in [0.5, 0.6) is 0 Å². The third-order valence-electron chi connectivity index (χ3n) is 6.05. The van der Waals surface area contributed by atoms with Crippen molar-refractivity contribution in [3.63, 3.8) is 0 Å². The lowest BCUT2D eigenvalue weighted by atomic mass is 9.79. The van der Waals surface area contributed by atoms with E-state index in [0.717, 1.165) is 37.9 Å². The highest BCUT2D eigenvalue weighted by molar-refractivity contribution is 5.95. The fourth-order valence-electron chi connectivity index (χ4n) is 4.47. The van der Waals surface area contributed by atoms with Gasteiger partial charge in [0, 0.05) is 44.4 Å². The van der Waals surface area contributed by atoms with Gasteiger partial charge in [-0.3, -0.25) is 4.79 Å². The number of amides is 1. The molecule has 0 N–H and O–H groups in total. The van der Waals surface area contributed by atoms with Crippen LogP contribution in [-0.4, -0.2) is 58.9 Å². The second kappa shape index (κ2) is 6.85. The first-order valence-electron chi connectivity index (χ1n) is 9.14. The van der Waals surface area contributed by atoms with Crippen LogP contribution in [0.15, 0.2) is 43.0 Å². The number of hydrogen-bond donors (Lipinski definition) is 0. The first-order chi connectivity index (χ1) is 12.7. The second-order valence-electron chi connectivity index (χ2n) is 7.18. The van der Waals surface area contributed by atoms with Crippen LogP contribution in [0.4, 0.5) is 0 Å². The molecule has 1 aliphatic carbocycles. The highest BCUT2D eigenvalue weighted by Crippen LogP contribution is 2.43. The van der Waals surface area contributed by atoms with Crippen LogP contribution in [0.3, 0.4) is 0 Å². The molecule has 0 radical (unpaired) electrons. The van der Waals surface area contributed by atoms with E-state index in [0.29, 0.717) is 5.56 Å². The fraction of sp³-hybridized carbons (Fsp3) is 0.500. The highest BCUT2D eigenvalue weighted by Gasteiger charge is 2.52. The van der Waals surface area contributed by atoms with E-state index in [9.17, 15) is 4.79 Å². The minimum absolute atomic E-state index is 0.0721. The third kappa shape index (κ3) is 2.83. The summed E-state index contributed by atoms with van der Waals surface area (Å²) in [5, 5.41) is 0. The summed E-state index contributed by atoms with van der Waals surface area (Å²) in [7, 11) is 3.52. The normalized spacial score (nSPS) is 28.2. The number of benzene rings is 1. The summed E-state index contributed by atoms with van der Waals surface area (Å²) in [6, 6.07) is 7.76. The molecule has 0 spiro atoms. The average Bonchev–Trinajstić information content (AvgIpc) is 3.35. The van der Waals surface area contributed by atoms with Gasteiger partial charge in [0.15, 0.2) is 0 Å². The molecule has 1 saturated heterocycles. The number of methoxy groups -OCH3 is 2. The van der Waals surface area contributed by atoms with Crippen LogP contribution in [0, 0.1) is 0 Å². The van der Waals surface area contributed by atoms with Gasteiger partial charge >= 0.3 is 0 Å². The number of aromatic nitrogens is 2. The number of imidazole rings is 1. The zero-order valence-electron chi connectivity index (χ0n) is 15.3. The van der Waals surface area contributed by atoms with E-state index in [4.69, 9.17) is 9.47 Å². The quantitative estimate of drug-likeness (QED) is 0.846. The Hall–Kier alpha value is -2.18. The summed E-state index contributed by atoms with van der Waals surface area (Å²) in [5.74, 6) is 0.0721. The lowest BCUT2D eigenvalue weighted by Crippen LogP contribution is -2.53. The summed E-state index contributed by atoms with van der Waals surface area (Å²) in [6.07, 6.45) is 9.22. The molecule has 1 aromatic carbocycles. The Bertz CT molecular complexity index is 759. The van der Waals surface area contributed by atoms with Gasteiger partial charge in [0.05, 0.1) is 24.1 Å². The number of carbonyl (C=O) groups is 1. The third-order valence-corrected chi connectivity index (χ3v) is 6.05. The van der Waals surface area contributed by atoms with Crippen molar-refractivity contribution >= 4 is 5.91 Å². The van der Waals surface area contributed by atoms with Gasteiger partial charge in [0.1, 0.15) is 0 Å². The lowest BCUT2D eigenvalue weighted by Gasteiger charge is -2.43. The van der Waals surface area contributed by atoms with Crippen molar-refractivity contribution in [2.45, 2.75) is 43.4 Å². The van der Waals surface area contributed by atoms with Gasteiger partial charge in [-0.25, -0.2) is 4.98 Å². The molecule has 0 unspecified atom stereocenters. The molecular formula is C20H25N3O3. The Balaban J connectivity index is 1.55. The molecule has 138 valence electrons. The molecule has 2 aliphatic rings.